The number of ketones is 1. The fraction of sp³-hybridized carbons (Fsp3) is 0.400. The molecule has 1 saturated heterocycles. The lowest BCUT2D eigenvalue weighted by atomic mass is 9.89. The molecule has 0 aliphatic carbocycles. The highest BCUT2D eigenvalue weighted by Gasteiger charge is 2.33. The smallest absolute Gasteiger partial charge is 0.416 e. The van der Waals surface area contributed by atoms with Gasteiger partial charge >= 0.3 is 6.18 Å². The van der Waals surface area contributed by atoms with E-state index in [2.05, 4.69) is 0 Å². The third-order valence-corrected chi connectivity index (χ3v) is 4.78. The highest BCUT2D eigenvalue weighted by Crippen LogP contribution is 2.30. The number of likely N-dealkylation sites (tertiary alicyclic amines) is 1. The van der Waals surface area contributed by atoms with Crippen LogP contribution in [0.1, 0.15) is 40.9 Å². The summed E-state index contributed by atoms with van der Waals surface area (Å²) >= 11 is 0. The second-order valence-corrected chi connectivity index (χ2v) is 6.70. The lowest BCUT2D eigenvalue weighted by molar-refractivity contribution is -0.137. The van der Waals surface area contributed by atoms with Crippen molar-refractivity contribution in [1.29, 1.82) is 0 Å². The Labute approximate surface area is 155 Å². The molecule has 0 unspecified atom stereocenters. The van der Waals surface area contributed by atoms with E-state index in [-0.39, 0.29) is 30.2 Å². The summed E-state index contributed by atoms with van der Waals surface area (Å²) in [6.07, 6.45) is -0.966. The van der Waals surface area contributed by atoms with Crippen molar-refractivity contribution in [2.45, 2.75) is 31.9 Å². The number of alkyl halides is 3. The molecule has 1 aliphatic rings. The number of hydrogen-bond acceptors (Lipinski definition) is 3. The molecule has 1 amide bonds. The van der Waals surface area contributed by atoms with Crippen LogP contribution in [0.2, 0.25) is 0 Å². The Kier molecular flexibility index (Phi) is 5.68. The van der Waals surface area contributed by atoms with E-state index in [1.807, 2.05) is 0 Å². The molecular weight excluding hydrogens is 359 g/mol. The number of benzene rings is 1. The molecule has 0 saturated carbocycles. The number of carbonyl (C=O) groups is 2. The first kappa shape index (κ1) is 19.2. The average molecular weight is 379 g/mol. The standard InChI is InChI=1S/C20H20F3NO3/c21-20(22,23)16-6-1-4-14(12-16)19(26)15-5-2-10-24(13-15)18(25)9-8-17-7-3-11-27-17/h1,3-4,6-7,11-12,15H,2,5,8-10,13H2/t15-/m0/s1. The zero-order chi connectivity index (χ0) is 19.4. The number of halogens is 3. The molecule has 7 heteroatoms. The van der Waals surface area contributed by atoms with Crippen LogP contribution in [0, 0.1) is 5.92 Å². The number of carbonyl (C=O) groups excluding carboxylic acids is 2. The maximum atomic E-state index is 12.9. The molecule has 1 aromatic heterocycles. The van der Waals surface area contributed by atoms with E-state index in [1.54, 1.807) is 23.3 Å². The van der Waals surface area contributed by atoms with Crippen molar-refractivity contribution in [3.8, 4) is 0 Å². The first-order chi connectivity index (χ1) is 12.8. The monoisotopic (exact) mass is 379 g/mol. The summed E-state index contributed by atoms with van der Waals surface area (Å²) in [7, 11) is 0. The molecule has 0 spiro atoms. The first-order valence-corrected chi connectivity index (χ1v) is 8.86. The molecular formula is C20H20F3NO3. The number of Topliss-reactive ketones (excluding diaryl/α,β-unsaturated/α-hetero) is 1. The number of piperidine rings is 1. The van der Waals surface area contributed by atoms with Gasteiger partial charge in [0.1, 0.15) is 5.76 Å². The Morgan fingerprint density at radius 2 is 2.00 bits per heavy atom. The van der Waals surface area contributed by atoms with E-state index in [9.17, 15) is 22.8 Å². The van der Waals surface area contributed by atoms with E-state index < -0.39 is 17.7 Å². The second kappa shape index (κ2) is 7.98. The highest BCUT2D eigenvalue weighted by atomic mass is 19.4. The van der Waals surface area contributed by atoms with Crippen molar-refractivity contribution in [2.75, 3.05) is 13.1 Å². The number of amides is 1. The minimum absolute atomic E-state index is 0.0414. The number of hydrogen-bond donors (Lipinski definition) is 0. The summed E-state index contributed by atoms with van der Waals surface area (Å²) in [5.74, 6) is -0.177. The van der Waals surface area contributed by atoms with Crippen LogP contribution in [0.25, 0.3) is 0 Å². The van der Waals surface area contributed by atoms with Crippen molar-refractivity contribution in [3.05, 3.63) is 59.5 Å². The number of aryl methyl sites for hydroxylation is 1. The molecule has 1 atom stereocenters. The Hall–Kier alpha value is -2.57. The lowest BCUT2D eigenvalue weighted by Crippen LogP contribution is -2.42. The first-order valence-electron chi connectivity index (χ1n) is 8.86. The predicted octanol–water partition coefficient (Wildman–Crippen LogP) is 4.35. The van der Waals surface area contributed by atoms with Gasteiger partial charge in [-0.05, 0) is 37.1 Å². The predicted molar refractivity (Wildman–Crippen MR) is 92.1 cm³/mol. The summed E-state index contributed by atoms with van der Waals surface area (Å²) in [4.78, 5) is 26.7. The Bertz CT molecular complexity index is 799. The molecule has 1 aromatic carbocycles. The highest BCUT2D eigenvalue weighted by molar-refractivity contribution is 5.98. The zero-order valence-electron chi connectivity index (χ0n) is 14.7. The molecule has 0 radical (unpaired) electrons. The van der Waals surface area contributed by atoms with Gasteiger partial charge in [0.2, 0.25) is 5.91 Å². The fourth-order valence-electron chi connectivity index (χ4n) is 3.35. The van der Waals surface area contributed by atoms with Crippen molar-refractivity contribution >= 4 is 11.7 Å². The molecule has 4 nitrogen and oxygen atoms in total. The van der Waals surface area contributed by atoms with Gasteiger partial charge in [-0.25, -0.2) is 0 Å². The third-order valence-electron chi connectivity index (χ3n) is 4.78. The number of nitrogens with zero attached hydrogens (tertiary/aromatic N) is 1. The van der Waals surface area contributed by atoms with Gasteiger partial charge in [-0.1, -0.05) is 12.1 Å². The van der Waals surface area contributed by atoms with Crippen LogP contribution in [0.3, 0.4) is 0 Å². The van der Waals surface area contributed by atoms with E-state index in [4.69, 9.17) is 4.42 Å². The quantitative estimate of drug-likeness (QED) is 0.726. The maximum absolute atomic E-state index is 12.9. The molecule has 1 fully saturated rings. The second-order valence-electron chi connectivity index (χ2n) is 6.70. The zero-order valence-corrected chi connectivity index (χ0v) is 14.7. The lowest BCUT2D eigenvalue weighted by Gasteiger charge is -2.32. The SMILES string of the molecule is O=C(c1cccc(C(F)(F)F)c1)[C@H]1CCCN(C(=O)CCc2ccco2)C1. The van der Waals surface area contributed by atoms with Gasteiger partial charge in [0.05, 0.1) is 11.8 Å². The summed E-state index contributed by atoms with van der Waals surface area (Å²) in [5, 5.41) is 0. The third kappa shape index (κ3) is 4.78. The number of rotatable bonds is 5. The molecule has 27 heavy (non-hydrogen) atoms. The number of furan rings is 1. The van der Waals surface area contributed by atoms with Gasteiger partial charge in [-0.2, -0.15) is 13.2 Å². The van der Waals surface area contributed by atoms with Crippen LogP contribution in [0.5, 0.6) is 0 Å². The molecule has 3 rings (SSSR count). The topological polar surface area (TPSA) is 50.5 Å². The Balaban J connectivity index is 1.63. The molecule has 2 aromatic rings. The Morgan fingerprint density at radius 3 is 2.70 bits per heavy atom. The molecule has 0 bridgehead atoms. The largest absolute Gasteiger partial charge is 0.469 e. The van der Waals surface area contributed by atoms with Gasteiger partial charge in [0.15, 0.2) is 5.78 Å². The summed E-state index contributed by atoms with van der Waals surface area (Å²) in [6.45, 7) is 0.801. The van der Waals surface area contributed by atoms with Crippen LogP contribution in [0.4, 0.5) is 13.2 Å². The van der Waals surface area contributed by atoms with Gasteiger partial charge in [0.25, 0.3) is 0 Å². The van der Waals surface area contributed by atoms with Crippen LogP contribution < -0.4 is 0 Å². The van der Waals surface area contributed by atoms with Crippen molar-refractivity contribution in [2.24, 2.45) is 5.92 Å². The summed E-state index contributed by atoms with van der Waals surface area (Å²) in [6, 6.07) is 8.02. The summed E-state index contributed by atoms with van der Waals surface area (Å²) < 4.78 is 43.8. The van der Waals surface area contributed by atoms with Gasteiger partial charge < -0.3 is 9.32 Å². The van der Waals surface area contributed by atoms with Crippen LogP contribution in [0.15, 0.2) is 47.1 Å². The van der Waals surface area contributed by atoms with E-state index in [0.29, 0.717) is 25.8 Å². The van der Waals surface area contributed by atoms with E-state index >= 15 is 0 Å². The molecule has 1 aliphatic heterocycles. The van der Waals surface area contributed by atoms with Crippen molar-refractivity contribution < 1.29 is 27.2 Å². The minimum atomic E-state index is -4.49. The van der Waals surface area contributed by atoms with Crippen molar-refractivity contribution in [3.63, 3.8) is 0 Å². The maximum Gasteiger partial charge on any atom is 0.416 e. The molecule has 2 heterocycles. The van der Waals surface area contributed by atoms with Crippen LogP contribution in [-0.2, 0) is 17.4 Å². The average Bonchev–Trinajstić information content (AvgIpc) is 3.18. The van der Waals surface area contributed by atoms with Gasteiger partial charge in [0, 0.05) is 37.4 Å². The van der Waals surface area contributed by atoms with Crippen LogP contribution in [-0.4, -0.2) is 29.7 Å². The van der Waals surface area contributed by atoms with Crippen molar-refractivity contribution in [1.82, 2.24) is 4.90 Å². The van der Waals surface area contributed by atoms with Crippen LogP contribution >= 0.6 is 0 Å². The van der Waals surface area contributed by atoms with E-state index in [0.717, 1.165) is 17.9 Å². The molecule has 144 valence electrons. The Morgan fingerprint density at radius 1 is 1.19 bits per heavy atom. The summed E-state index contributed by atoms with van der Waals surface area (Å²) in [5.41, 5.74) is -0.796. The fourth-order valence-corrected chi connectivity index (χ4v) is 3.35. The molecule has 0 N–H and O–H groups in total. The van der Waals surface area contributed by atoms with E-state index in [1.165, 1.54) is 12.1 Å². The van der Waals surface area contributed by atoms with Gasteiger partial charge in [-0.3, -0.25) is 9.59 Å². The minimum Gasteiger partial charge on any atom is -0.469 e. The van der Waals surface area contributed by atoms with Gasteiger partial charge in [-0.15, -0.1) is 0 Å². The normalized spacial score (nSPS) is 17.7.